The lowest BCUT2D eigenvalue weighted by Crippen LogP contribution is -2.34. The molecule has 0 heterocycles. The SMILES string of the molecule is CCOC(=O)[C@@H](C(C)=O)C1=C([N+](=O)[O-])C(=O)C(=O)c2ccc(Br)cc21. The van der Waals surface area contributed by atoms with Gasteiger partial charge in [-0.3, -0.25) is 29.3 Å². The van der Waals surface area contributed by atoms with Crippen LogP contribution in [0.3, 0.4) is 0 Å². The number of benzene rings is 1. The number of hydrogen-bond acceptors (Lipinski definition) is 7. The molecule has 1 atom stereocenters. The third kappa shape index (κ3) is 3.27. The highest BCUT2D eigenvalue weighted by Gasteiger charge is 2.46. The standard InChI is InChI=1S/C16H12BrNO7/c1-3-25-16(22)11(7(2)19)12-10-6-8(17)4-5-9(10)14(20)15(21)13(12)18(23)24/h4-6,11H,3H2,1-2H3/t11-/m0/s1. The topological polar surface area (TPSA) is 121 Å². The monoisotopic (exact) mass is 409 g/mol. The number of nitro groups is 1. The van der Waals surface area contributed by atoms with Crippen molar-refractivity contribution >= 4 is 44.8 Å². The van der Waals surface area contributed by atoms with E-state index in [2.05, 4.69) is 15.9 Å². The number of rotatable bonds is 5. The van der Waals surface area contributed by atoms with Crippen LogP contribution in [0, 0.1) is 16.0 Å². The summed E-state index contributed by atoms with van der Waals surface area (Å²) in [5.41, 5.74) is -1.62. The molecule has 0 radical (unpaired) electrons. The van der Waals surface area contributed by atoms with E-state index in [0.717, 1.165) is 6.92 Å². The molecule has 1 aliphatic carbocycles. The predicted molar refractivity (Wildman–Crippen MR) is 88.2 cm³/mol. The van der Waals surface area contributed by atoms with Crippen LogP contribution in [0.2, 0.25) is 0 Å². The highest BCUT2D eigenvalue weighted by atomic mass is 79.9. The molecular formula is C16H12BrNO7. The van der Waals surface area contributed by atoms with E-state index in [-0.39, 0.29) is 17.7 Å². The number of Topliss-reactive ketones (excluding diaryl/α,β-unsaturated/α-hetero) is 3. The molecule has 0 amide bonds. The van der Waals surface area contributed by atoms with Gasteiger partial charge in [-0.25, -0.2) is 0 Å². The Morgan fingerprint density at radius 1 is 1.24 bits per heavy atom. The number of ether oxygens (including phenoxy) is 1. The number of ketones is 3. The Hall–Kier alpha value is -2.68. The Labute approximate surface area is 150 Å². The maximum atomic E-state index is 12.2. The molecule has 1 aromatic carbocycles. The van der Waals surface area contributed by atoms with Crippen molar-refractivity contribution in [1.82, 2.24) is 0 Å². The molecule has 0 aliphatic heterocycles. The van der Waals surface area contributed by atoms with Gasteiger partial charge >= 0.3 is 17.4 Å². The normalized spacial score (nSPS) is 14.8. The van der Waals surface area contributed by atoms with Gasteiger partial charge in [0.05, 0.1) is 17.1 Å². The van der Waals surface area contributed by atoms with E-state index in [4.69, 9.17) is 4.74 Å². The average Bonchev–Trinajstić information content (AvgIpc) is 2.51. The van der Waals surface area contributed by atoms with Gasteiger partial charge in [-0.1, -0.05) is 15.9 Å². The zero-order chi connectivity index (χ0) is 18.9. The van der Waals surface area contributed by atoms with Gasteiger partial charge in [-0.05, 0) is 37.6 Å². The fourth-order valence-corrected chi connectivity index (χ4v) is 2.96. The number of allylic oxidation sites excluding steroid dienone is 1. The van der Waals surface area contributed by atoms with Crippen molar-refractivity contribution in [3.05, 3.63) is 49.6 Å². The summed E-state index contributed by atoms with van der Waals surface area (Å²) >= 11 is 3.17. The first-order valence-electron chi connectivity index (χ1n) is 7.15. The highest BCUT2D eigenvalue weighted by Crippen LogP contribution is 2.37. The van der Waals surface area contributed by atoms with Crippen LogP contribution in [0.1, 0.15) is 29.8 Å². The second kappa shape index (κ2) is 7.06. The summed E-state index contributed by atoms with van der Waals surface area (Å²) in [4.78, 5) is 59.0. The number of halogens is 1. The summed E-state index contributed by atoms with van der Waals surface area (Å²) in [6, 6.07) is 4.14. The number of esters is 1. The second-order valence-corrected chi connectivity index (χ2v) is 6.08. The van der Waals surface area contributed by atoms with Crippen LogP contribution < -0.4 is 0 Å². The molecule has 9 heteroatoms. The molecule has 0 bridgehead atoms. The van der Waals surface area contributed by atoms with Gasteiger partial charge in [0.2, 0.25) is 5.78 Å². The van der Waals surface area contributed by atoms with Crippen LogP contribution in [0.5, 0.6) is 0 Å². The van der Waals surface area contributed by atoms with E-state index in [1.165, 1.54) is 25.1 Å². The van der Waals surface area contributed by atoms with Gasteiger partial charge in [0.25, 0.3) is 0 Å². The van der Waals surface area contributed by atoms with E-state index >= 15 is 0 Å². The third-order valence-corrected chi connectivity index (χ3v) is 4.09. The van der Waals surface area contributed by atoms with Crippen LogP contribution in [0.15, 0.2) is 28.4 Å². The van der Waals surface area contributed by atoms with Crippen molar-refractivity contribution < 1.29 is 28.8 Å². The number of hydrogen-bond donors (Lipinski definition) is 0. The predicted octanol–water partition coefficient (Wildman–Crippen LogP) is 1.97. The van der Waals surface area contributed by atoms with E-state index in [9.17, 15) is 29.3 Å². The quantitative estimate of drug-likeness (QED) is 0.239. The number of carbonyl (C=O) groups excluding carboxylic acids is 4. The minimum atomic E-state index is -1.68. The summed E-state index contributed by atoms with van der Waals surface area (Å²) in [6.45, 7) is 2.52. The molecule has 8 nitrogen and oxygen atoms in total. The van der Waals surface area contributed by atoms with Crippen molar-refractivity contribution in [2.45, 2.75) is 13.8 Å². The molecule has 0 aromatic heterocycles. The van der Waals surface area contributed by atoms with E-state index < -0.39 is 45.4 Å². The molecule has 0 N–H and O–H groups in total. The van der Waals surface area contributed by atoms with Gasteiger partial charge in [0.1, 0.15) is 11.7 Å². The Bertz CT molecular complexity index is 856. The molecule has 1 aliphatic rings. The zero-order valence-electron chi connectivity index (χ0n) is 13.2. The number of fused-ring (bicyclic) bond motifs is 1. The zero-order valence-corrected chi connectivity index (χ0v) is 14.8. The van der Waals surface area contributed by atoms with Crippen molar-refractivity contribution in [3.8, 4) is 0 Å². The maximum Gasteiger partial charge on any atom is 0.325 e. The lowest BCUT2D eigenvalue weighted by Gasteiger charge is -2.21. The molecule has 0 saturated heterocycles. The molecule has 0 spiro atoms. The molecule has 25 heavy (non-hydrogen) atoms. The Kier molecular flexibility index (Phi) is 5.27. The molecular weight excluding hydrogens is 398 g/mol. The van der Waals surface area contributed by atoms with Gasteiger partial charge in [-0.2, -0.15) is 0 Å². The smallest absolute Gasteiger partial charge is 0.325 e. The van der Waals surface area contributed by atoms with Gasteiger partial charge in [0.15, 0.2) is 0 Å². The van der Waals surface area contributed by atoms with E-state index in [1.54, 1.807) is 0 Å². The van der Waals surface area contributed by atoms with Crippen LogP contribution >= 0.6 is 15.9 Å². The third-order valence-electron chi connectivity index (χ3n) is 3.59. The Morgan fingerprint density at radius 2 is 1.88 bits per heavy atom. The molecule has 0 saturated carbocycles. The summed E-state index contributed by atoms with van der Waals surface area (Å²) in [6.07, 6.45) is 0. The number of carbonyl (C=O) groups is 4. The van der Waals surface area contributed by atoms with Crippen molar-refractivity contribution in [3.63, 3.8) is 0 Å². The highest BCUT2D eigenvalue weighted by molar-refractivity contribution is 9.10. The van der Waals surface area contributed by atoms with Crippen molar-refractivity contribution in [2.24, 2.45) is 5.92 Å². The molecule has 2 rings (SSSR count). The maximum absolute atomic E-state index is 12.2. The summed E-state index contributed by atoms with van der Waals surface area (Å²) in [7, 11) is 0. The summed E-state index contributed by atoms with van der Waals surface area (Å²) in [5, 5.41) is 11.4. The van der Waals surface area contributed by atoms with Crippen LogP contribution in [0.4, 0.5) is 0 Å². The van der Waals surface area contributed by atoms with Crippen molar-refractivity contribution in [2.75, 3.05) is 6.61 Å². The second-order valence-electron chi connectivity index (χ2n) is 5.16. The van der Waals surface area contributed by atoms with Crippen LogP contribution in [-0.2, 0) is 19.1 Å². The first-order valence-corrected chi connectivity index (χ1v) is 7.94. The average molecular weight is 410 g/mol. The lowest BCUT2D eigenvalue weighted by atomic mass is 9.79. The molecule has 0 unspecified atom stereocenters. The summed E-state index contributed by atoms with van der Waals surface area (Å²) < 4.78 is 5.29. The minimum absolute atomic E-state index is 0.0149. The lowest BCUT2D eigenvalue weighted by molar-refractivity contribution is -0.417. The van der Waals surface area contributed by atoms with E-state index in [0.29, 0.717) is 4.47 Å². The van der Waals surface area contributed by atoms with Crippen LogP contribution in [0.25, 0.3) is 5.57 Å². The largest absolute Gasteiger partial charge is 0.465 e. The fraction of sp³-hybridized carbons (Fsp3) is 0.250. The van der Waals surface area contributed by atoms with Crippen LogP contribution in [-0.4, -0.2) is 34.8 Å². The Morgan fingerprint density at radius 3 is 2.40 bits per heavy atom. The number of nitrogens with zero attached hydrogens (tertiary/aromatic N) is 1. The van der Waals surface area contributed by atoms with Gasteiger partial charge in [-0.15, -0.1) is 0 Å². The first kappa shape index (κ1) is 18.7. The Balaban J connectivity index is 2.88. The van der Waals surface area contributed by atoms with Crippen molar-refractivity contribution in [1.29, 1.82) is 0 Å². The first-order chi connectivity index (χ1) is 11.7. The molecule has 0 fully saturated rings. The molecule has 1 aromatic rings. The minimum Gasteiger partial charge on any atom is -0.465 e. The summed E-state index contributed by atoms with van der Waals surface area (Å²) in [5.74, 6) is -5.86. The molecule has 130 valence electrons. The van der Waals surface area contributed by atoms with E-state index in [1.807, 2.05) is 0 Å². The van der Waals surface area contributed by atoms with Gasteiger partial charge < -0.3 is 4.74 Å². The fourth-order valence-electron chi connectivity index (χ4n) is 2.60. The van der Waals surface area contributed by atoms with Gasteiger partial charge in [0, 0.05) is 10.0 Å².